The molecule has 1 aromatic rings. The van der Waals surface area contributed by atoms with Gasteiger partial charge < -0.3 is 21.1 Å². The molecule has 1 aliphatic rings. The highest BCUT2D eigenvalue weighted by molar-refractivity contribution is 5.73. The third kappa shape index (κ3) is 5.11. The zero-order chi connectivity index (χ0) is 16.9. The summed E-state index contributed by atoms with van der Waals surface area (Å²) in [5.41, 5.74) is 5.72. The van der Waals surface area contributed by atoms with Gasteiger partial charge in [-0.3, -0.25) is 0 Å². The molecule has 2 rings (SSSR count). The minimum absolute atomic E-state index is 0.00114. The van der Waals surface area contributed by atoms with Gasteiger partial charge in [-0.1, -0.05) is 12.1 Å². The number of hydrogen-bond acceptors (Lipinski definition) is 3. The van der Waals surface area contributed by atoms with Crippen LogP contribution in [-0.4, -0.2) is 38.2 Å². The van der Waals surface area contributed by atoms with Crippen molar-refractivity contribution < 1.29 is 22.7 Å². The predicted octanol–water partition coefficient (Wildman–Crippen LogP) is 1.80. The zero-order valence-corrected chi connectivity index (χ0v) is 12.5. The van der Waals surface area contributed by atoms with Crippen molar-refractivity contribution >= 4 is 6.03 Å². The summed E-state index contributed by atoms with van der Waals surface area (Å²) in [5, 5.41) is 4.64. The van der Waals surface area contributed by atoms with E-state index in [1.54, 1.807) is 12.1 Å². The van der Waals surface area contributed by atoms with Crippen LogP contribution in [0.5, 0.6) is 0 Å². The first-order valence-corrected chi connectivity index (χ1v) is 7.38. The Morgan fingerprint density at radius 2 is 2.00 bits per heavy atom. The number of urea groups is 1. The summed E-state index contributed by atoms with van der Waals surface area (Å²) in [6.45, 7) is -0.822. The van der Waals surface area contributed by atoms with Crippen molar-refractivity contribution in [3.63, 3.8) is 0 Å². The molecule has 0 spiro atoms. The lowest BCUT2D eigenvalue weighted by atomic mass is 9.95. The number of rotatable bonds is 6. The van der Waals surface area contributed by atoms with Crippen molar-refractivity contribution in [2.24, 2.45) is 11.7 Å². The highest BCUT2D eigenvalue weighted by Gasteiger charge is 2.31. The molecule has 2 amide bonds. The summed E-state index contributed by atoms with van der Waals surface area (Å²) in [7, 11) is 0. The number of carbonyl (C=O) groups is 1. The van der Waals surface area contributed by atoms with E-state index in [2.05, 4.69) is 10.6 Å². The third-order valence-corrected chi connectivity index (χ3v) is 3.74. The highest BCUT2D eigenvalue weighted by Crippen LogP contribution is 2.34. The van der Waals surface area contributed by atoms with Crippen LogP contribution in [0.1, 0.15) is 18.1 Å². The molecule has 0 unspecified atom stereocenters. The highest BCUT2D eigenvalue weighted by atomic mass is 19.3. The average molecular weight is 331 g/mol. The summed E-state index contributed by atoms with van der Waals surface area (Å²) in [6, 6.07) is 5.30. The summed E-state index contributed by atoms with van der Waals surface area (Å²) >= 11 is 0. The Bertz CT molecular complexity index is 525. The van der Waals surface area contributed by atoms with E-state index in [0.29, 0.717) is 6.61 Å². The van der Waals surface area contributed by atoms with E-state index < -0.39 is 25.0 Å². The number of nitrogens with two attached hydrogens (primary N) is 1. The Morgan fingerprint density at radius 1 is 1.30 bits per heavy atom. The van der Waals surface area contributed by atoms with Gasteiger partial charge in [-0.2, -0.15) is 0 Å². The molecule has 128 valence electrons. The lowest BCUT2D eigenvalue weighted by molar-refractivity contribution is 0.0143. The minimum atomic E-state index is -3.12. The van der Waals surface area contributed by atoms with Gasteiger partial charge in [0, 0.05) is 19.1 Å². The maximum Gasteiger partial charge on any atom is 0.315 e. The first-order valence-electron chi connectivity index (χ1n) is 7.38. The number of hydrogen-bond donors (Lipinski definition) is 3. The maximum absolute atomic E-state index is 13.0. The van der Waals surface area contributed by atoms with E-state index in [1.807, 2.05) is 0 Å². The number of benzene rings is 1. The summed E-state index contributed by atoms with van der Waals surface area (Å²) in [5.74, 6) is -3.45. The van der Waals surface area contributed by atoms with Crippen LogP contribution in [0.2, 0.25) is 0 Å². The SMILES string of the molecule is NCC(F)(F)CNC(=O)NC[C@@H]1CCO[C@H]1c1ccc(F)cc1. The zero-order valence-electron chi connectivity index (χ0n) is 12.5. The van der Waals surface area contributed by atoms with Crippen molar-refractivity contribution in [1.29, 1.82) is 0 Å². The van der Waals surface area contributed by atoms with Crippen LogP contribution in [0, 0.1) is 11.7 Å². The van der Waals surface area contributed by atoms with Crippen molar-refractivity contribution in [3.8, 4) is 0 Å². The second-order valence-electron chi connectivity index (χ2n) is 5.52. The van der Waals surface area contributed by atoms with Gasteiger partial charge in [0.15, 0.2) is 0 Å². The number of carbonyl (C=O) groups excluding carboxylic acids is 1. The smallest absolute Gasteiger partial charge is 0.315 e. The number of halogens is 3. The van der Waals surface area contributed by atoms with Crippen molar-refractivity contribution in [2.45, 2.75) is 18.4 Å². The Labute approximate surface area is 132 Å². The number of nitrogens with one attached hydrogen (secondary N) is 2. The summed E-state index contributed by atoms with van der Waals surface area (Å²) in [4.78, 5) is 11.6. The summed E-state index contributed by atoms with van der Waals surface area (Å²) < 4.78 is 44.5. The van der Waals surface area contributed by atoms with Gasteiger partial charge in [0.25, 0.3) is 5.92 Å². The molecule has 0 radical (unpaired) electrons. The number of ether oxygens (including phenoxy) is 1. The Hall–Kier alpha value is -1.80. The molecule has 1 heterocycles. The molecule has 0 bridgehead atoms. The number of alkyl halides is 2. The van der Waals surface area contributed by atoms with E-state index in [-0.39, 0.29) is 24.4 Å². The molecular weight excluding hydrogens is 311 g/mol. The lowest BCUT2D eigenvalue weighted by Crippen LogP contribution is -2.46. The molecule has 0 saturated carbocycles. The first kappa shape index (κ1) is 17.6. The van der Waals surface area contributed by atoms with Crippen LogP contribution < -0.4 is 16.4 Å². The molecule has 0 aliphatic carbocycles. The topological polar surface area (TPSA) is 76.4 Å². The fourth-order valence-electron chi connectivity index (χ4n) is 2.43. The normalized spacial score (nSPS) is 21.2. The fraction of sp³-hybridized carbons (Fsp3) is 0.533. The standard InChI is InChI=1S/C15H20F3N3O2/c16-12-3-1-10(2-4-12)13-11(5-6-23-13)7-20-14(22)21-9-15(17,18)8-19/h1-4,11,13H,5-9,19H2,(H2,20,21,22)/t11-,13-/m0/s1. The van der Waals surface area contributed by atoms with Gasteiger partial charge in [0.2, 0.25) is 0 Å². The third-order valence-electron chi connectivity index (χ3n) is 3.74. The second kappa shape index (κ2) is 7.65. The molecule has 1 fully saturated rings. The Kier molecular flexibility index (Phi) is 5.84. The van der Waals surface area contributed by atoms with E-state index in [1.165, 1.54) is 12.1 Å². The first-order chi connectivity index (χ1) is 10.9. The van der Waals surface area contributed by atoms with Crippen LogP contribution in [-0.2, 0) is 4.74 Å². The van der Waals surface area contributed by atoms with Gasteiger partial charge in [0.05, 0.1) is 19.2 Å². The van der Waals surface area contributed by atoms with Crippen LogP contribution in [0.15, 0.2) is 24.3 Å². The van der Waals surface area contributed by atoms with Crippen LogP contribution in [0.4, 0.5) is 18.0 Å². The van der Waals surface area contributed by atoms with Crippen LogP contribution >= 0.6 is 0 Å². The molecule has 1 saturated heterocycles. The average Bonchev–Trinajstić information content (AvgIpc) is 3.00. The molecule has 1 aliphatic heterocycles. The molecule has 2 atom stereocenters. The van der Waals surface area contributed by atoms with Crippen LogP contribution in [0.3, 0.4) is 0 Å². The van der Waals surface area contributed by atoms with E-state index in [9.17, 15) is 18.0 Å². The van der Waals surface area contributed by atoms with Crippen LogP contribution in [0.25, 0.3) is 0 Å². The minimum Gasteiger partial charge on any atom is -0.373 e. The lowest BCUT2D eigenvalue weighted by Gasteiger charge is -2.20. The van der Waals surface area contributed by atoms with Gasteiger partial charge in [-0.05, 0) is 24.1 Å². The molecular formula is C15H20F3N3O2. The molecule has 5 nitrogen and oxygen atoms in total. The van der Waals surface area contributed by atoms with E-state index in [4.69, 9.17) is 10.5 Å². The largest absolute Gasteiger partial charge is 0.373 e. The second-order valence-corrected chi connectivity index (χ2v) is 5.52. The van der Waals surface area contributed by atoms with Crippen molar-refractivity contribution in [2.75, 3.05) is 26.2 Å². The molecule has 8 heteroatoms. The van der Waals surface area contributed by atoms with E-state index in [0.717, 1.165) is 12.0 Å². The van der Waals surface area contributed by atoms with E-state index >= 15 is 0 Å². The van der Waals surface area contributed by atoms with Crippen molar-refractivity contribution in [1.82, 2.24) is 10.6 Å². The fourth-order valence-corrected chi connectivity index (χ4v) is 2.43. The monoisotopic (exact) mass is 331 g/mol. The molecule has 0 aromatic heterocycles. The quantitative estimate of drug-likeness (QED) is 0.744. The number of amides is 2. The Balaban J connectivity index is 1.82. The molecule has 23 heavy (non-hydrogen) atoms. The van der Waals surface area contributed by atoms with Gasteiger partial charge in [-0.25, -0.2) is 18.0 Å². The van der Waals surface area contributed by atoms with Gasteiger partial charge in [0.1, 0.15) is 5.82 Å². The summed E-state index contributed by atoms with van der Waals surface area (Å²) in [6.07, 6.45) is 0.475. The predicted molar refractivity (Wildman–Crippen MR) is 78.6 cm³/mol. The molecule has 4 N–H and O–H groups in total. The Morgan fingerprint density at radius 3 is 2.65 bits per heavy atom. The van der Waals surface area contributed by atoms with Gasteiger partial charge in [-0.15, -0.1) is 0 Å². The van der Waals surface area contributed by atoms with Crippen molar-refractivity contribution in [3.05, 3.63) is 35.6 Å². The molecule has 1 aromatic carbocycles. The van der Waals surface area contributed by atoms with Gasteiger partial charge >= 0.3 is 6.03 Å². The maximum atomic E-state index is 13.0.